The van der Waals surface area contributed by atoms with Crippen LogP contribution in [0.2, 0.25) is 0 Å². The van der Waals surface area contributed by atoms with Crippen molar-refractivity contribution in [1.82, 2.24) is 0 Å². The standard InChI is InChI=1S/C42H65NO7/c1-6-8-10-12-14-16-17-18-19-20-21-22-23-25-27-29-31-33-41(45)50-38(36-48-35-34-39(42(46)47)43(3,4)5)37-49-40(44)32-30-28-26-24-15-13-11-9-7-2/h8-11,14-16,18-19,21-22,24-25,27-28,30,38-39H,6-7,12-13,17,20,23,26,29,31-37H2,1-5H3/b10-8+,11-9+,16-14+,19-18+,22-21+,24-15+,27-25+,30-28+. The van der Waals surface area contributed by atoms with E-state index in [1.807, 2.05) is 12.2 Å². The van der Waals surface area contributed by atoms with Gasteiger partial charge in [0.1, 0.15) is 12.6 Å². The smallest absolute Gasteiger partial charge is 0.309 e. The van der Waals surface area contributed by atoms with Gasteiger partial charge in [0.15, 0.2) is 6.10 Å². The number of carbonyl (C=O) groups is 3. The van der Waals surface area contributed by atoms with Crippen molar-refractivity contribution >= 4 is 17.9 Å². The molecule has 0 spiro atoms. The minimum atomic E-state index is -1.15. The molecule has 0 radical (unpaired) electrons. The van der Waals surface area contributed by atoms with Crippen molar-refractivity contribution < 1.29 is 38.2 Å². The molecule has 0 saturated heterocycles. The van der Waals surface area contributed by atoms with Crippen LogP contribution in [-0.2, 0) is 28.6 Å². The van der Waals surface area contributed by atoms with Gasteiger partial charge >= 0.3 is 11.9 Å². The Balaban J connectivity index is 4.64. The third kappa shape index (κ3) is 30.3. The Hall–Kier alpha value is -3.75. The lowest BCUT2D eigenvalue weighted by atomic mass is 10.1. The van der Waals surface area contributed by atoms with Gasteiger partial charge in [0.05, 0.1) is 46.7 Å². The largest absolute Gasteiger partial charge is 0.544 e. The summed E-state index contributed by atoms with van der Waals surface area (Å²) in [5, 5.41) is 11.6. The van der Waals surface area contributed by atoms with Gasteiger partial charge in [-0.2, -0.15) is 0 Å². The van der Waals surface area contributed by atoms with E-state index < -0.39 is 30.1 Å². The summed E-state index contributed by atoms with van der Waals surface area (Å²) in [5.41, 5.74) is 0. The second-order valence-electron chi connectivity index (χ2n) is 12.7. The molecule has 0 fully saturated rings. The predicted octanol–water partition coefficient (Wildman–Crippen LogP) is 7.84. The third-order valence-electron chi connectivity index (χ3n) is 7.25. The van der Waals surface area contributed by atoms with Crippen molar-refractivity contribution in [2.24, 2.45) is 0 Å². The van der Waals surface area contributed by atoms with Gasteiger partial charge in [0.25, 0.3) is 0 Å². The molecule has 0 aliphatic heterocycles. The lowest BCUT2D eigenvalue weighted by molar-refractivity contribution is -0.889. The Morgan fingerprint density at radius 1 is 0.620 bits per heavy atom. The number of carboxylic acid groups (broad SMARTS) is 1. The molecule has 0 aromatic carbocycles. The summed E-state index contributed by atoms with van der Waals surface area (Å²) in [6.45, 7) is 4.20. The number of hydrogen-bond acceptors (Lipinski definition) is 7. The van der Waals surface area contributed by atoms with Gasteiger partial charge in [-0.25, -0.2) is 0 Å². The van der Waals surface area contributed by atoms with Crippen molar-refractivity contribution in [3.05, 3.63) is 97.2 Å². The first-order valence-corrected chi connectivity index (χ1v) is 18.3. The number of likely N-dealkylation sites (N-methyl/N-ethyl adjacent to an activating group) is 1. The highest BCUT2D eigenvalue weighted by Gasteiger charge is 2.25. The summed E-state index contributed by atoms with van der Waals surface area (Å²) in [5.74, 6) is -1.98. The topological polar surface area (TPSA) is 102 Å². The Morgan fingerprint density at radius 2 is 1.08 bits per heavy atom. The van der Waals surface area contributed by atoms with Crippen LogP contribution < -0.4 is 5.11 Å². The number of allylic oxidation sites excluding steroid dienone is 15. The van der Waals surface area contributed by atoms with Gasteiger partial charge < -0.3 is 28.6 Å². The molecule has 50 heavy (non-hydrogen) atoms. The monoisotopic (exact) mass is 695 g/mol. The fourth-order valence-electron chi connectivity index (χ4n) is 4.46. The summed E-state index contributed by atoms with van der Waals surface area (Å²) in [7, 11) is 5.33. The number of carbonyl (C=O) groups excluding carboxylic acids is 3. The van der Waals surface area contributed by atoms with E-state index in [-0.39, 0.29) is 43.6 Å². The lowest BCUT2D eigenvalue weighted by Gasteiger charge is -2.34. The van der Waals surface area contributed by atoms with E-state index in [1.165, 1.54) is 0 Å². The number of aliphatic carboxylic acids is 1. The van der Waals surface area contributed by atoms with Crippen LogP contribution in [0.5, 0.6) is 0 Å². The molecule has 2 atom stereocenters. The summed E-state index contributed by atoms with van der Waals surface area (Å²) in [4.78, 5) is 36.5. The van der Waals surface area contributed by atoms with Crippen LogP contribution >= 0.6 is 0 Å². The Labute approximate surface area is 303 Å². The normalized spacial score (nSPS) is 14.2. The molecule has 0 aromatic heterocycles. The zero-order valence-corrected chi connectivity index (χ0v) is 31.5. The van der Waals surface area contributed by atoms with Gasteiger partial charge in [0.2, 0.25) is 0 Å². The van der Waals surface area contributed by atoms with Crippen LogP contribution in [0.15, 0.2) is 97.2 Å². The van der Waals surface area contributed by atoms with Crippen molar-refractivity contribution in [1.29, 1.82) is 0 Å². The molecule has 2 unspecified atom stereocenters. The van der Waals surface area contributed by atoms with E-state index in [9.17, 15) is 19.5 Å². The van der Waals surface area contributed by atoms with Crippen LogP contribution in [0, 0.1) is 0 Å². The number of esters is 2. The average Bonchev–Trinajstić information content (AvgIpc) is 3.06. The number of quaternary nitrogens is 1. The Bertz CT molecular complexity index is 1140. The molecule has 0 aliphatic rings. The molecule has 0 heterocycles. The van der Waals surface area contributed by atoms with Crippen LogP contribution in [0.1, 0.15) is 97.3 Å². The molecule has 8 heteroatoms. The second kappa shape index (κ2) is 32.5. The summed E-state index contributed by atoms with van der Waals surface area (Å²) >= 11 is 0. The average molecular weight is 696 g/mol. The summed E-state index contributed by atoms with van der Waals surface area (Å²) in [6, 6.07) is -0.751. The molecule has 0 amide bonds. The molecule has 280 valence electrons. The van der Waals surface area contributed by atoms with Gasteiger partial charge in [-0.3, -0.25) is 9.59 Å². The minimum absolute atomic E-state index is 0.0161. The van der Waals surface area contributed by atoms with Gasteiger partial charge in [-0.15, -0.1) is 0 Å². The Kier molecular flexibility index (Phi) is 30.0. The van der Waals surface area contributed by atoms with Crippen molar-refractivity contribution in [3.8, 4) is 0 Å². The van der Waals surface area contributed by atoms with E-state index in [4.69, 9.17) is 14.2 Å². The van der Waals surface area contributed by atoms with Crippen LogP contribution in [-0.4, -0.2) is 75.5 Å². The predicted molar refractivity (Wildman–Crippen MR) is 203 cm³/mol. The van der Waals surface area contributed by atoms with E-state index in [0.717, 1.165) is 57.8 Å². The maximum absolute atomic E-state index is 12.6. The van der Waals surface area contributed by atoms with Crippen molar-refractivity contribution in [2.45, 2.75) is 109 Å². The summed E-state index contributed by atoms with van der Waals surface area (Å²) < 4.78 is 16.8. The molecule has 0 bridgehead atoms. The fourth-order valence-corrected chi connectivity index (χ4v) is 4.46. The first-order chi connectivity index (χ1) is 24.1. The van der Waals surface area contributed by atoms with Crippen LogP contribution in [0.3, 0.4) is 0 Å². The zero-order valence-electron chi connectivity index (χ0n) is 31.5. The molecule has 8 nitrogen and oxygen atoms in total. The molecule has 0 N–H and O–H groups in total. The van der Waals surface area contributed by atoms with E-state index >= 15 is 0 Å². The molecule has 0 aromatic rings. The molecule has 0 rings (SSSR count). The molecular formula is C42H65NO7. The Morgan fingerprint density at radius 3 is 1.54 bits per heavy atom. The van der Waals surface area contributed by atoms with E-state index in [0.29, 0.717) is 6.42 Å². The number of unbranched alkanes of at least 4 members (excludes halogenated alkanes) is 1. The summed E-state index contributed by atoms with van der Waals surface area (Å²) in [6.07, 6.45) is 42.0. The van der Waals surface area contributed by atoms with Crippen LogP contribution in [0.25, 0.3) is 0 Å². The molecular weight excluding hydrogens is 630 g/mol. The zero-order chi connectivity index (χ0) is 37.1. The lowest BCUT2D eigenvalue weighted by Crippen LogP contribution is -2.55. The highest BCUT2D eigenvalue weighted by molar-refractivity contribution is 5.71. The minimum Gasteiger partial charge on any atom is -0.544 e. The first-order valence-electron chi connectivity index (χ1n) is 18.3. The maximum atomic E-state index is 12.6. The van der Waals surface area contributed by atoms with Crippen molar-refractivity contribution in [3.63, 3.8) is 0 Å². The van der Waals surface area contributed by atoms with Crippen molar-refractivity contribution in [2.75, 3.05) is 41.0 Å². The SMILES string of the molecule is CC/C=C/C/C=C/C/C=C/C/C=C/C/C=C/CCCC(=O)OC(COCCC(C(=O)[O-])[N+](C)(C)C)COC(=O)C/C=C/C/C=C/C/C=C/CC. The highest BCUT2D eigenvalue weighted by Crippen LogP contribution is 2.09. The second-order valence-corrected chi connectivity index (χ2v) is 12.7. The number of carboxylic acids is 1. The quantitative estimate of drug-likeness (QED) is 0.0327. The van der Waals surface area contributed by atoms with E-state index in [2.05, 4.69) is 92.8 Å². The van der Waals surface area contributed by atoms with Gasteiger partial charge in [-0.05, 0) is 64.2 Å². The number of rotatable bonds is 30. The molecule has 0 aliphatic carbocycles. The van der Waals surface area contributed by atoms with Gasteiger partial charge in [0, 0.05) is 12.8 Å². The van der Waals surface area contributed by atoms with E-state index in [1.54, 1.807) is 27.2 Å². The number of nitrogens with zero attached hydrogens (tertiary/aromatic N) is 1. The fraction of sp³-hybridized carbons (Fsp3) is 0.548. The van der Waals surface area contributed by atoms with Gasteiger partial charge in [-0.1, -0.05) is 111 Å². The number of ether oxygens (including phenoxy) is 3. The number of hydrogen-bond donors (Lipinski definition) is 0. The van der Waals surface area contributed by atoms with Crippen LogP contribution in [0.4, 0.5) is 0 Å². The first kappa shape index (κ1) is 46.2. The maximum Gasteiger partial charge on any atom is 0.309 e. The molecule has 0 saturated carbocycles. The highest BCUT2D eigenvalue weighted by atomic mass is 16.6. The third-order valence-corrected chi connectivity index (χ3v) is 7.25.